The number of hydrogen-bond acceptors (Lipinski definition) is 5. The lowest BCUT2D eigenvalue weighted by molar-refractivity contribution is 0.0673. The van der Waals surface area contributed by atoms with Crippen molar-refractivity contribution in [3.05, 3.63) is 57.1 Å². The van der Waals surface area contributed by atoms with Crippen LogP contribution in [0.4, 0.5) is 0 Å². The van der Waals surface area contributed by atoms with Gasteiger partial charge in [0.05, 0.1) is 9.21 Å². The van der Waals surface area contributed by atoms with Crippen molar-refractivity contribution >= 4 is 28.8 Å². The molecule has 4 rings (SSSR count). The third kappa shape index (κ3) is 4.06. The van der Waals surface area contributed by atoms with Crippen molar-refractivity contribution in [1.82, 2.24) is 15.0 Å². The summed E-state index contributed by atoms with van der Waals surface area (Å²) in [4.78, 5) is 19.8. The molecule has 0 N–H and O–H groups in total. The molecule has 1 aliphatic rings. The number of piperidine rings is 1. The summed E-state index contributed by atoms with van der Waals surface area (Å²) in [6.07, 6.45) is 2.72. The molecule has 1 aromatic carbocycles. The molecule has 3 heterocycles. The largest absolute Gasteiger partial charge is 0.339 e. The third-order valence-electron chi connectivity index (χ3n) is 4.91. The average Bonchev–Trinajstić information content (AvgIpc) is 3.31. The lowest BCUT2D eigenvalue weighted by Gasteiger charge is -2.31. The monoisotopic (exact) mass is 401 g/mol. The first-order chi connectivity index (χ1) is 13.1. The van der Waals surface area contributed by atoms with E-state index in [1.165, 1.54) is 11.3 Å². The Balaban J connectivity index is 1.43. The van der Waals surface area contributed by atoms with Crippen LogP contribution in [0.3, 0.4) is 0 Å². The molecule has 0 saturated carbocycles. The summed E-state index contributed by atoms with van der Waals surface area (Å²) in [6.45, 7) is 3.52. The van der Waals surface area contributed by atoms with E-state index >= 15 is 0 Å². The van der Waals surface area contributed by atoms with Crippen LogP contribution in [0.25, 0.3) is 11.4 Å². The second kappa shape index (κ2) is 7.82. The Morgan fingerprint density at radius 3 is 2.96 bits per heavy atom. The first-order valence-corrected chi connectivity index (χ1v) is 10.2. The van der Waals surface area contributed by atoms with Gasteiger partial charge in [0.15, 0.2) is 0 Å². The Bertz CT molecular complexity index is 952. The number of aryl methyl sites for hydroxylation is 1. The van der Waals surface area contributed by atoms with Crippen molar-refractivity contribution in [3.8, 4) is 11.4 Å². The van der Waals surface area contributed by atoms with E-state index in [4.69, 9.17) is 16.1 Å². The molecule has 0 radical (unpaired) electrons. The van der Waals surface area contributed by atoms with Crippen molar-refractivity contribution in [2.45, 2.75) is 26.2 Å². The number of amides is 1. The molecule has 1 amide bonds. The Labute approximate surface area is 167 Å². The van der Waals surface area contributed by atoms with Crippen LogP contribution in [-0.2, 0) is 6.42 Å². The maximum absolute atomic E-state index is 12.7. The molecule has 0 spiro atoms. The summed E-state index contributed by atoms with van der Waals surface area (Å²) < 4.78 is 6.12. The predicted octanol–water partition coefficient (Wildman–Crippen LogP) is 4.85. The minimum Gasteiger partial charge on any atom is -0.339 e. The molecule has 3 aromatic rings. The van der Waals surface area contributed by atoms with Crippen molar-refractivity contribution < 1.29 is 9.32 Å². The number of halogens is 1. The lowest BCUT2D eigenvalue weighted by Crippen LogP contribution is -2.40. The summed E-state index contributed by atoms with van der Waals surface area (Å²) in [5, 5.41) is 4.14. The van der Waals surface area contributed by atoms with Crippen LogP contribution in [0.15, 0.2) is 40.9 Å². The van der Waals surface area contributed by atoms with Crippen molar-refractivity contribution in [3.63, 3.8) is 0 Å². The smallest absolute Gasteiger partial charge is 0.263 e. The number of aromatic nitrogens is 2. The van der Waals surface area contributed by atoms with Gasteiger partial charge in [-0.25, -0.2) is 0 Å². The molecule has 0 unspecified atom stereocenters. The number of rotatable bonds is 4. The van der Waals surface area contributed by atoms with E-state index < -0.39 is 0 Å². The zero-order valence-corrected chi connectivity index (χ0v) is 16.6. The number of nitrogens with zero attached hydrogens (tertiary/aromatic N) is 3. The fourth-order valence-electron chi connectivity index (χ4n) is 3.52. The topological polar surface area (TPSA) is 59.2 Å². The van der Waals surface area contributed by atoms with Gasteiger partial charge in [0, 0.05) is 25.1 Å². The van der Waals surface area contributed by atoms with Gasteiger partial charge >= 0.3 is 0 Å². The molecule has 5 nitrogen and oxygen atoms in total. The molecule has 27 heavy (non-hydrogen) atoms. The Kier molecular flexibility index (Phi) is 5.27. The maximum Gasteiger partial charge on any atom is 0.263 e. The lowest BCUT2D eigenvalue weighted by atomic mass is 9.94. The number of thiophene rings is 1. The number of benzene rings is 1. The summed E-state index contributed by atoms with van der Waals surface area (Å²) in [6, 6.07) is 11.6. The Morgan fingerprint density at radius 2 is 2.19 bits per heavy atom. The molecule has 0 bridgehead atoms. The van der Waals surface area contributed by atoms with E-state index in [-0.39, 0.29) is 5.91 Å². The van der Waals surface area contributed by atoms with Gasteiger partial charge < -0.3 is 9.42 Å². The normalized spacial score (nSPS) is 17.3. The van der Waals surface area contributed by atoms with Crippen LogP contribution < -0.4 is 0 Å². The number of likely N-dealkylation sites (tertiary alicyclic amines) is 1. The van der Waals surface area contributed by atoms with Gasteiger partial charge in [-0.15, -0.1) is 11.3 Å². The van der Waals surface area contributed by atoms with Crippen LogP contribution >= 0.6 is 22.9 Å². The van der Waals surface area contributed by atoms with Crippen molar-refractivity contribution in [2.75, 3.05) is 13.1 Å². The predicted molar refractivity (Wildman–Crippen MR) is 106 cm³/mol. The zero-order valence-electron chi connectivity index (χ0n) is 15.0. The van der Waals surface area contributed by atoms with Crippen molar-refractivity contribution in [2.24, 2.45) is 5.92 Å². The quantitative estimate of drug-likeness (QED) is 0.626. The third-order valence-corrected chi connectivity index (χ3v) is 6.13. The first-order valence-electron chi connectivity index (χ1n) is 9.03. The highest BCUT2D eigenvalue weighted by Gasteiger charge is 2.27. The summed E-state index contributed by atoms with van der Waals surface area (Å²) in [5.74, 6) is 1.64. The maximum atomic E-state index is 12.7. The van der Waals surface area contributed by atoms with E-state index in [1.54, 1.807) is 12.1 Å². The SMILES string of the molecule is Cc1ccccc1-c1noc(C[C@@H]2CCCN(C(=O)c3ccc(Cl)s3)C2)n1. The van der Waals surface area contributed by atoms with Gasteiger partial charge in [0.1, 0.15) is 0 Å². The van der Waals surface area contributed by atoms with Crippen LogP contribution in [0.1, 0.15) is 34.0 Å². The first kappa shape index (κ1) is 18.2. The summed E-state index contributed by atoms with van der Waals surface area (Å²) >= 11 is 7.29. The van der Waals surface area contributed by atoms with Gasteiger partial charge in [-0.05, 0) is 43.4 Å². The Hall–Kier alpha value is -2.18. The number of carbonyl (C=O) groups is 1. The van der Waals surface area contributed by atoms with Gasteiger partial charge in [-0.3, -0.25) is 4.79 Å². The zero-order chi connectivity index (χ0) is 18.8. The fourth-order valence-corrected chi connectivity index (χ4v) is 4.53. The minimum atomic E-state index is 0.0581. The second-order valence-corrected chi connectivity index (χ2v) is 8.61. The fraction of sp³-hybridized carbons (Fsp3) is 0.350. The van der Waals surface area contributed by atoms with Gasteiger partial charge in [0.25, 0.3) is 5.91 Å². The molecule has 1 atom stereocenters. The highest BCUT2D eigenvalue weighted by Crippen LogP contribution is 2.27. The summed E-state index contributed by atoms with van der Waals surface area (Å²) in [5.41, 5.74) is 2.11. The van der Waals surface area contributed by atoms with E-state index in [1.807, 2.05) is 36.1 Å². The molecule has 7 heteroatoms. The van der Waals surface area contributed by atoms with E-state index in [0.717, 1.165) is 30.5 Å². The van der Waals surface area contributed by atoms with E-state index in [9.17, 15) is 4.79 Å². The van der Waals surface area contributed by atoms with Crippen LogP contribution in [0.5, 0.6) is 0 Å². The van der Waals surface area contributed by atoms with Crippen LogP contribution in [0, 0.1) is 12.8 Å². The van der Waals surface area contributed by atoms with Gasteiger partial charge in [0.2, 0.25) is 11.7 Å². The van der Waals surface area contributed by atoms with E-state index in [2.05, 4.69) is 10.1 Å². The second-order valence-electron chi connectivity index (χ2n) is 6.89. The van der Waals surface area contributed by atoms with Crippen LogP contribution in [-0.4, -0.2) is 34.0 Å². The molecule has 0 aliphatic carbocycles. The molecule has 1 saturated heterocycles. The molecule has 2 aromatic heterocycles. The molecule has 1 aliphatic heterocycles. The molecular formula is C20H20ClN3O2S. The molecule has 1 fully saturated rings. The Morgan fingerprint density at radius 1 is 1.33 bits per heavy atom. The molecule has 140 valence electrons. The number of hydrogen-bond donors (Lipinski definition) is 0. The minimum absolute atomic E-state index is 0.0581. The highest BCUT2D eigenvalue weighted by atomic mass is 35.5. The molecular weight excluding hydrogens is 382 g/mol. The highest BCUT2D eigenvalue weighted by molar-refractivity contribution is 7.17. The van der Waals surface area contributed by atoms with Gasteiger partial charge in [-0.2, -0.15) is 4.98 Å². The average molecular weight is 402 g/mol. The number of carbonyl (C=O) groups excluding carboxylic acids is 1. The van der Waals surface area contributed by atoms with Gasteiger partial charge in [-0.1, -0.05) is 41.0 Å². The van der Waals surface area contributed by atoms with E-state index in [0.29, 0.717) is 39.8 Å². The summed E-state index contributed by atoms with van der Waals surface area (Å²) in [7, 11) is 0. The van der Waals surface area contributed by atoms with Crippen molar-refractivity contribution in [1.29, 1.82) is 0 Å². The standard InChI is InChI=1S/C20H20ClN3O2S/c1-13-5-2-3-7-15(13)19-22-18(26-23-19)11-14-6-4-10-24(12-14)20(25)16-8-9-17(21)27-16/h2-3,5,7-9,14H,4,6,10-12H2,1H3/t14-/m0/s1. The van der Waals surface area contributed by atoms with Crippen LogP contribution in [0.2, 0.25) is 4.34 Å².